The van der Waals surface area contributed by atoms with Gasteiger partial charge in [0, 0.05) is 17.6 Å². The van der Waals surface area contributed by atoms with Crippen LogP contribution in [0.4, 0.5) is 0 Å². The summed E-state index contributed by atoms with van der Waals surface area (Å²) < 4.78 is 6.69. The minimum atomic E-state index is -0.0622. The Morgan fingerprint density at radius 1 is 1.50 bits per heavy atom. The van der Waals surface area contributed by atoms with E-state index in [4.69, 9.17) is 16.3 Å². The number of rotatable bonds is 2. The van der Waals surface area contributed by atoms with Gasteiger partial charge in [0.2, 0.25) is 0 Å². The third-order valence-corrected chi connectivity index (χ3v) is 3.47. The Hall–Kier alpha value is -0.250. The Balaban J connectivity index is 2.13. The zero-order valence-corrected chi connectivity index (χ0v) is 10.2. The van der Waals surface area contributed by atoms with Gasteiger partial charge in [0.25, 0.3) is 0 Å². The molecule has 2 rings (SSSR count). The fraction of sp³-hybridized carbons (Fsp3) is 0.400. The zero-order chi connectivity index (χ0) is 10.2. The highest BCUT2D eigenvalue weighted by atomic mass is 79.9. The molecule has 1 fully saturated rings. The predicted octanol–water partition coefficient (Wildman–Crippen LogP) is 2.84. The Morgan fingerprint density at radius 2 is 2.21 bits per heavy atom. The van der Waals surface area contributed by atoms with Crippen molar-refractivity contribution in [1.82, 2.24) is 5.32 Å². The van der Waals surface area contributed by atoms with Crippen molar-refractivity contribution >= 4 is 27.5 Å². The molecular formula is C10H11BrClNO. The molecule has 76 valence electrons. The van der Waals surface area contributed by atoms with E-state index in [0.29, 0.717) is 5.02 Å². The lowest BCUT2D eigenvalue weighted by molar-refractivity contribution is 0.0348. The topological polar surface area (TPSA) is 21.3 Å². The summed E-state index contributed by atoms with van der Waals surface area (Å²) in [4.78, 5) is 0. The van der Waals surface area contributed by atoms with Crippen LogP contribution < -0.4 is 10.1 Å². The van der Waals surface area contributed by atoms with Crippen LogP contribution in [0, 0.1) is 0 Å². The van der Waals surface area contributed by atoms with Gasteiger partial charge in [0.05, 0.1) is 5.02 Å². The van der Waals surface area contributed by atoms with Crippen molar-refractivity contribution < 1.29 is 4.74 Å². The summed E-state index contributed by atoms with van der Waals surface area (Å²) in [6.45, 7) is 3.88. The first kappa shape index (κ1) is 10.3. The second kappa shape index (κ2) is 3.72. The molecule has 0 bridgehead atoms. The fourth-order valence-corrected chi connectivity index (χ4v) is 1.85. The fourth-order valence-electron chi connectivity index (χ4n) is 1.37. The predicted molar refractivity (Wildman–Crippen MR) is 61.1 cm³/mol. The monoisotopic (exact) mass is 275 g/mol. The van der Waals surface area contributed by atoms with Gasteiger partial charge in [0.1, 0.15) is 11.4 Å². The van der Waals surface area contributed by atoms with Crippen molar-refractivity contribution in [2.45, 2.75) is 12.5 Å². The summed E-state index contributed by atoms with van der Waals surface area (Å²) >= 11 is 9.25. The van der Waals surface area contributed by atoms with Gasteiger partial charge in [-0.25, -0.2) is 0 Å². The van der Waals surface area contributed by atoms with Crippen LogP contribution in [0.15, 0.2) is 22.7 Å². The van der Waals surface area contributed by atoms with E-state index in [2.05, 4.69) is 28.2 Å². The van der Waals surface area contributed by atoms with E-state index < -0.39 is 0 Å². The quantitative estimate of drug-likeness (QED) is 0.897. The van der Waals surface area contributed by atoms with E-state index in [0.717, 1.165) is 23.3 Å². The molecular weight excluding hydrogens is 265 g/mol. The maximum atomic E-state index is 5.88. The first-order valence-electron chi connectivity index (χ1n) is 4.44. The minimum absolute atomic E-state index is 0.0622. The van der Waals surface area contributed by atoms with Crippen molar-refractivity contribution in [1.29, 1.82) is 0 Å². The van der Waals surface area contributed by atoms with Crippen LogP contribution in [-0.4, -0.2) is 18.7 Å². The number of hydrogen-bond donors (Lipinski definition) is 1. The van der Waals surface area contributed by atoms with Gasteiger partial charge in [-0.2, -0.15) is 0 Å². The zero-order valence-electron chi connectivity index (χ0n) is 7.81. The normalized spacial score (nSPS) is 18.8. The van der Waals surface area contributed by atoms with Gasteiger partial charge in [0.15, 0.2) is 0 Å². The highest BCUT2D eigenvalue weighted by Crippen LogP contribution is 2.29. The van der Waals surface area contributed by atoms with E-state index >= 15 is 0 Å². The largest absolute Gasteiger partial charge is 0.485 e. The van der Waals surface area contributed by atoms with Crippen LogP contribution in [-0.2, 0) is 0 Å². The molecule has 1 N–H and O–H groups in total. The first-order chi connectivity index (χ1) is 6.59. The van der Waals surface area contributed by atoms with Crippen molar-refractivity contribution in [3.63, 3.8) is 0 Å². The third kappa shape index (κ3) is 2.05. The van der Waals surface area contributed by atoms with E-state index in [1.807, 2.05) is 18.2 Å². The van der Waals surface area contributed by atoms with Crippen LogP contribution in [0.1, 0.15) is 6.92 Å². The van der Waals surface area contributed by atoms with E-state index in [9.17, 15) is 0 Å². The summed E-state index contributed by atoms with van der Waals surface area (Å²) in [6, 6.07) is 5.61. The van der Waals surface area contributed by atoms with E-state index in [1.54, 1.807) is 0 Å². The lowest BCUT2D eigenvalue weighted by Gasteiger charge is -2.39. The number of halogens is 2. The molecule has 0 atom stereocenters. The van der Waals surface area contributed by atoms with Crippen LogP contribution in [0.25, 0.3) is 0 Å². The number of hydrogen-bond acceptors (Lipinski definition) is 2. The Bertz CT molecular complexity index is 352. The van der Waals surface area contributed by atoms with Crippen LogP contribution >= 0.6 is 27.5 Å². The van der Waals surface area contributed by atoms with Gasteiger partial charge < -0.3 is 10.1 Å². The summed E-state index contributed by atoms with van der Waals surface area (Å²) in [5, 5.41) is 3.89. The number of ether oxygens (including phenoxy) is 1. The van der Waals surface area contributed by atoms with Crippen molar-refractivity contribution in [3.05, 3.63) is 27.7 Å². The Kier molecular flexibility index (Phi) is 2.73. The number of nitrogens with one attached hydrogen (secondary N) is 1. The molecule has 0 saturated carbocycles. The van der Waals surface area contributed by atoms with Gasteiger partial charge >= 0.3 is 0 Å². The van der Waals surface area contributed by atoms with Crippen LogP contribution in [0.3, 0.4) is 0 Å². The molecule has 0 unspecified atom stereocenters. The lowest BCUT2D eigenvalue weighted by Crippen LogP contribution is -2.61. The van der Waals surface area contributed by atoms with E-state index in [1.165, 1.54) is 0 Å². The van der Waals surface area contributed by atoms with Gasteiger partial charge in [-0.3, -0.25) is 0 Å². The Labute approximate surface area is 96.7 Å². The van der Waals surface area contributed by atoms with Crippen LogP contribution in [0.2, 0.25) is 5.02 Å². The van der Waals surface area contributed by atoms with E-state index in [-0.39, 0.29) is 5.60 Å². The second-order valence-electron chi connectivity index (χ2n) is 3.73. The molecule has 4 heteroatoms. The SMILES string of the molecule is CC1(Oc2ccc(Cl)c(Br)c2)CNC1. The maximum Gasteiger partial charge on any atom is 0.131 e. The van der Waals surface area contributed by atoms with Crippen molar-refractivity contribution in [3.8, 4) is 5.75 Å². The lowest BCUT2D eigenvalue weighted by atomic mass is 10.00. The second-order valence-corrected chi connectivity index (χ2v) is 4.99. The summed E-state index contributed by atoms with van der Waals surface area (Å²) in [6.07, 6.45) is 0. The molecule has 0 aliphatic carbocycles. The minimum Gasteiger partial charge on any atom is -0.485 e. The average molecular weight is 277 g/mol. The standard InChI is InChI=1S/C10H11BrClNO/c1-10(5-13-6-10)14-7-2-3-9(12)8(11)4-7/h2-4,13H,5-6H2,1H3. The summed E-state index contributed by atoms with van der Waals surface area (Å²) in [5.74, 6) is 0.852. The van der Waals surface area contributed by atoms with Gasteiger partial charge in [-0.15, -0.1) is 0 Å². The summed E-state index contributed by atoms with van der Waals surface area (Å²) in [5.41, 5.74) is -0.0622. The molecule has 0 radical (unpaired) electrons. The highest BCUT2D eigenvalue weighted by Gasteiger charge is 2.33. The molecule has 0 amide bonds. The molecule has 0 spiro atoms. The average Bonchev–Trinajstić information content (AvgIpc) is 2.09. The molecule has 0 aromatic heterocycles. The Morgan fingerprint density at radius 3 is 2.71 bits per heavy atom. The maximum absolute atomic E-state index is 5.88. The van der Waals surface area contributed by atoms with Crippen molar-refractivity contribution in [2.24, 2.45) is 0 Å². The molecule has 1 saturated heterocycles. The molecule has 1 aromatic rings. The molecule has 1 heterocycles. The first-order valence-corrected chi connectivity index (χ1v) is 5.61. The molecule has 2 nitrogen and oxygen atoms in total. The molecule has 14 heavy (non-hydrogen) atoms. The van der Waals surface area contributed by atoms with Crippen LogP contribution in [0.5, 0.6) is 5.75 Å². The van der Waals surface area contributed by atoms with Gasteiger partial charge in [-0.05, 0) is 41.1 Å². The highest BCUT2D eigenvalue weighted by molar-refractivity contribution is 9.10. The third-order valence-electron chi connectivity index (χ3n) is 2.25. The molecule has 1 aliphatic rings. The summed E-state index contributed by atoms with van der Waals surface area (Å²) in [7, 11) is 0. The smallest absolute Gasteiger partial charge is 0.131 e. The molecule has 1 aromatic carbocycles. The van der Waals surface area contributed by atoms with Gasteiger partial charge in [-0.1, -0.05) is 11.6 Å². The number of benzene rings is 1. The van der Waals surface area contributed by atoms with Crippen molar-refractivity contribution in [2.75, 3.05) is 13.1 Å². The molecule has 1 aliphatic heterocycles.